The molecule has 0 saturated carbocycles. The Morgan fingerprint density at radius 1 is 1.00 bits per heavy atom. The van der Waals surface area contributed by atoms with Crippen molar-refractivity contribution in [2.24, 2.45) is 0 Å². The van der Waals surface area contributed by atoms with Gasteiger partial charge in [-0.15, -0.1) is 0 Å². The van der Waals surface area contributed by atoms with Crippen LogP contribution in [0.15, 0.2) is 72.8 Å². The van der Waals surface area contributed by atoms with Gasteiger partial charge in [-0.1, -0.05) is 60.7 Å². The maximum Gasteiger partial charge on any atom is 0.256 e. The van der Waals surface area contributed by atoms with Crippen molar-refractivity contribution in [2.45, 2.75) is 58.0 Å². The Kier molecular flexibility index (Phi) is 9.19. The van der Waals surface area contributed by atoms with Crippen LogP contribution < -0.4 is 10.6 Å². The standard InChI is InChI=1S/C31H35N3O6/c1-19-10-7-8-13-23(19)17-32-30(38)27-21(3)40-18-34(27)31(39)28(36)25(16-22-11-5-4-6-12-22)33-29(37)24-14-9-15-26(35)20(24)2/h4-15,21,25,27-28,35-36H,16-18H2,1-3H3,(H,32,38)(H,33,37). The monoisotopic (exact) mass is 545 g/mol. The van der Waals surface area contributed by atoms with Crippen molar-refractivity contribution in [3.05, 3.63) is 101 Å². The second-order valence-corrected chi connectivity index (χ2v) is 10.1. The molecule has 9 heteroatoms. The summed E-state index contributed by atoms with van der Waals surface area (Å²) >= 11 is 0. The van der Waals surface area contributed by atoms with Gasteiger partial charge in [-0.3, -0.25) is 14.4 Å². The predicted octanol–water partition coefficient (Wildman–Crippen LogP) is 2.60. The van der Waals surface area contributed by atoms with Gasteiger partial charge in [0.15, 0.2) is 6.10 Å². The first-order chi connectivity index (χ1) is 19.2. The molecule has 40 heavy (non-hydrogen) atoms. The number of carbonyl (C=O) groups excluding carboxylic acids is 3. The van der Waals surface area contributed by atoms with E-state index in [-0.39, 0.29) is 31.0 Å². The molecule has 0 spiro atoms. The van der Waals surface area contributed by atoms with Crippen molar-refractivity contribution in [1.82, 2.24) is 15.5 Å². The third kappa shape index (κ3) is 6.50. The summed E-state index contributed by atoms with van der Waals surface area (Å²) in [4.78, 5) is 41.2. The Morgan fingerprint density at radius 3 is 2.42 bits per heavy atom. The van der Waals surface area contributed by atoms with E-state index in [4.69, 9.17) is 4.74 Å². The first-order valence-corrected chi connectivity index (χ1v) is 13.2. The number of rotatable bonds is 9. The number of nitrogens with one attached hydrogen (secondary N) is 2. The Bertz CT molecular complexity index is 1360. The number of aromatic hydroxyl groups is 1. The molecule has 4 rings (SSSR count). The molecule has 1 heterocycles. The van der Waals surface area contributed by atoms with Gasteiger partial charge in [-0.05, 0) is 56.0 Å². The van der Waals surface area contributed by atoms with E-state index in [2.05, 4.69) is 10.6 Å². The minimum Gasteiger partial charge on any atom is -0.508 e. The fourth-order valence-electron chi connectivity index (χ4n) is 4.84. The van der Waals surface area contributed by atoms with E-state index in [1.807, 2.05) is 61.5 Å². The molecule has 1 fully saturated rings. The average molecular weight is 546 g/mol. The maximum absolute atomic E-state index is 13.6. The molecular formula is C31H35N3O6. The fraction of sp³-hybridized carbons (Fsp3) is 0.323. The molecule has 1 saturated heterocycles. The van der Waals surface area contributed by atoms with Crippen molar-refractivity contribution in [2.75, 3.05) is 6.73 Å². The van der Waals surface area contributed by atoms with E-state index < -0.39 is 42.0 Å². The molecular weight excluding hydrogens is 510 g/mol. The molecule has 0 radical (unpaired) electrons. The van der Waals surface area contributed by atoms with Crippen LogP contribution in [-0.2, 0) is 27.3 Å². The van der Waals surface area contributed by atoms with Crippen molar-refractivity contribution in [3.63, 3.8) is 0 Å². The number of phenolic OH excluding ortho intramolecular Hbond substituents is 1. The van der Waals surface area contributed by atoms with Gasteiger partial charge in [0.2, 0.25) is 5.91 Å². The van der Waals surface area contributed by atoms with Crippen molar-refractivity contribution in [1.29, 1.82) is 0 Å². The lowest BCUT2D eigenvalue weighted by atomic mass is 9.98. The normalized spacial score (nSPS) is 18.1. The number of hydrogen-bond acceptors (Lipinski definition) is 6. The smallest absolute Gasteiger partial charge is 0.256 e. The van der Waals surface area contributed by atoms with Crippen molar-refractivity contribution < 1.29 is 29.3 Å². The van der Waals surface area contributed by atoms with E-state index >= 15 is 0 Å². The van der Waals surface area contributed by atoms with Crippen LogP contribution in [0.3, 0.4) is 0 Å². The Labute approximate surface area is 233 Å². The summed E-state index contributed by atoms with van der Waals surface area (Å²) < 4.78 is 5.64. The highest BCUT2D eigenvalue weighted by Gasteiger charge is 2.44. The predicted molar refractivity (Wildman–Crippen MR) is 149 cm³/mol. The lowest BCUT2D eigenvalue weighted by Gasteiger charge is -2.30. The number of carbonyl (C=O) groups is 3. The van der Waals surface area contributed by atoms with E-state index in [9.17, 15) is 24.6 Å². The molecule has 4 unspecified atom stereocenters. The highest BCUT2D eigenvalue weighted by molar-refractivity contribution is 5.97. The second-order valence-electron chi connectivity index (χ2n) is 10.1. The summed E-state index contributed by atoms with van der Waals surface area (Å²) in [6.07, 6.45) is -2.10. The molecule has 0 bridgehead atoms. The quantitative estimate of drug-likeness (QED) is 0.327. The molecule has 9 nitrogen and oxygen atoms in total. The van der Waals surface area contributed by atoms with E-state index in [0.29, 0.717) is 5.56 Å². The first-order valence-electron chi connectivity index (χ1n) is 13.2. The molecule has 4 atom stereocenters. The molecule has 210 valence electrons. The number of nitrogens with zero attached hydrogens (tertiary/aromatic N) is 1. The number of aryl methyl sites for hydroxylation is 1. The van der Waals surface area contributed by atoms with Gasteiger partial charge < -0.3 is 30.5 Å². The number of hydrogen-bond donors (Lipinski definition) is 4. The van der Waals surface area contributed by atoms with Crippen molar-refractivity contribution >= 4 is 17.7 Å². The summed E-state index contributed by atoms with van der Waals surface area (Å²) in [5, 5.41) is 27.0. The molecule has 3 aromatic rings. The highest BCUT2D eigenvalue weighted by Crippen LogP contribution is 2.22. The summed E-state index contributed by atoms with van der Waals surface area (Å²) in [6, 6.07) is 19.5. The van der Waals surface area contributed by atoms with Gasteiger partial charge in [0.25, 0.3) is 11.8 Å². The number of phenols is 1. The number of aliphatic hydroxyl groups is 1. The van der Waals surface area contributed by atoms with Gasteiger partial charge in [0.05, 0.1) is 12.1 Å². The largest absolute Gasteiger partial charge is 0.508 e. The van der Waals surface area contributed by atoms with E-state index in [1.165, 1.54) is 11.0 Å². The Hall–Kier alpha value is -4.21. The van der Waals surface area contributed by atoms with Gasteiger partial charge in [0.1, 0.15) is 18.5 Å². The lowest BCUT2D eigenvalue weighted by molar-refractivity contribution is -0.147. The Morgan fingerprint density at radius 2 is 1.70 bits per heavy atom. The van der Waals surface area contributed by atoms with Crippen LogP contribution in [0.4, 0.5) is 0 Å². The maximum atomic E-state index is 13.6. The Balaban J connectivity index is 1.53. The molecule has 3 amide bonds. The molecule has 1 aliphatic rings. The van der Waals surface area contributed by atoms with Crippen LogP contribution in [0.25, 0.3) is 0 Å². The number of amides is 3. The highest BCUT2D eigenvalue weighted by atomic mass is 16.5. The third-order valence-electron chi connectivity index (χ3n) is 7.32. The van der Waals surface area contributed by atoms with E-state index in [1.54, 1.807) is 26.0 Å². The zero-order chi connectivity index (χ0) is 28.8. The summed E-state index contributed by atoms with van der Waals surface area (Å²) in [5.74, 6) is -1.70. The van der Waals surface area contributed by atoms with Crippen LogP contribution in [0.5, 0.6) is 5.75 Å². The fourth-order valence-corrected chi connectivity index (χ4v) is 4.84. The summed E-state index contributed by atoms with van der Waals surface area (Å²) in [7, 11) is 0. The van der Waals surface area contributed by atoms with Gasteiger partial charge >= 0.3 is 0 Å². The van der Waals surface area contributed by atoms with Gasteiger partial charge in [-0.2, -0.15) is 0 Å². The lowest BCUT2D eigenvalue weighted by Crippen LogP contribution is -2.57. The van der Waals surface area contributed by atoms with Gasteiger partial charge in [-0.25, -0.2) is 0 Å². The molecule has 0 aromatic heterocycles. The van der Waals surface area contributed by atoms with Crippen LogP contribution in [-0.4, -0.2) is 63.9 Å². The topological polar surface area (TPSA) is 128 Å². The average Bonchev–Trinajstić information content (AvgIpc) is 3.34. The van der Waals surface area contributed by atoms with Crippen LogP contribution in [0.1, 0.15) is 39.5 Å². The number of aliphatic hydroxyl groups excluding tert-OH is 1. The molecule has 3 aromatic carbocycles. The van der Waals surface area contributed by atoms with Crippen LogP contribution in [0.2, 0.25) is 0 Å². The number of ether oxygens (including phenoxy) is 1. The van der Waals surface area contributed by atoms with Crippen LogP contribution in [0, 0.1) is 13.8 Å². The van der Waals surface area contributed by atoms with Crippen LogP contribution >= 0.6 is 0 Å². The molecule has 1 aliphatic heterocycles. The SMILES string of the molecule is Cc1ccccc1CNC(=O)C1C(C)OCN1C(=O)C(O)C(Cc1ccccc1)NC(=O)c1cccc(O)c1C. The molecule has 4 N–H and O–H groups in total. The number of benzene rings is 3. The van der Waals surface area contributed by atoms with Gasteiger partial charge in [0, 0.05) is 17.7 Å². The second kappa shape index (κ2) is 12.8. The first kappa shape index (κ1) is 28.8. The minimum atomic E-state index is -1.66. The summed E-state index contributed by atoms with van der Waals surface area (Å²) in [5.41, 5.74) is 3.39. The zero-order valence-corrected chi connectivity index (χ0v) is 22.8. The molecule has 0 aliphatic carbocycles. The summed E-state index contributed by atoms with van der Waals surface area (Å²) in [6.45, 7) is 5.38. The minimum absolute atomic E-state index is 0.0355. The zero-order valence-electron chi connectivity index (χ0n) is 22.8. The third-order valence-corrected chi connectivity index (χ3v) is 7.32. The van der Waals surface area contributed by atoms with E-state index in [0.717, 1.165) is 16.7 Å². The van der Waals surface area contributed by atoms with Crippen molar-refractivity contribution in [3.8, 4) is 5.75 Å².